The average molecular weight is 334 g/mol. The number of thiazole rings is 1. The minimum Gasteiger partial charge on any atom is -0.463 e. The maximum Gasteiger partial charge on any atom is 0.206 e. The number of nitrogens with zero attached hydrogens (tertiary/aromatic N) is 2. The van der Waals surface area contributed by atoms with Gasteiger partial charge in [-0.1, -0.05) is 30.3 Å². The van der Waals surface area contributed by atoms with Crippen molar-refractivity contribution < 1.29 is 9.21 Å². The molecular weight excluding hydrogens is 320 g/mol. The average Bonchev–Trinajstić information content (AvgIpc) is 3.35. The van der Waals surface area contributed by atoms with E-state index in [0.717, 1.165) is 6.54 Å². The molecular formula is C19H14N2O2S. The third-order valence-electron chi connectivity index (χ3n) is 3.75. The largest absolute Gasteiger partial charge is 0.463 e. The van der Waals surface area contributed by atoms with E-state index in [-0.39, 0.29) is 5.78 Å². The molecule has 0 atom stereocenters. The molecule has 0 saturated carbocycles. The van der Waals surface area contributed by atoms with Crippen molar-refractivity contribution >= 4 is 17.1 Å². The molecule has 0 bridgehead atoms. The van der Waals surface area contributed by atoms with Crippen LogP contribution >= 0.6 is 11.3 Å². The van der Waals surface area contributed by atoms with Crippen LogP contribution in [0.1, 0.15) is 20.8 Å². The molecule has 0 aliphatic carbocycles. The van der Waals surface area contributed by atoms with Crippen molar-refractivity contribution in [3.63, 3.8) is 0 Å². The van der Waals surface area contributed by atoms with Crippen molar-refractivity contribution in [3.8, 4) is 11.5 Å². The summed E-state index contributed by atoms with van der Waals surface area (Å²) in [6, 6.07) is 15.6. The van der Waals surface area contributed by atoms with Crippen molar-refractivity contribution in [1.29, 1.82) is 0 Å². The smallest absolute Gasteiger partial charge is 0.206 e. The SMILES string of the molecule is O=C(c1ccn(Cc2ccccc2)c1)c1scnc1-c1ccco1. The molecule has 4 aromatic rings. The van der Waals surface area contributed by atoms with Crippen molar-refractivity contribution in [1.82, 2.24) is 9.55 Å². The fourth-order valence-corrected chi connectivity index (χ4v) is 3.35. The van der Waals surface area contributed by atoms with Gasteiger partial charge in [-0.3, -0.25) is 4.79 Å². The Morgan fingerprint density at radius 2 is 2.00 bits per heavy atom. The molecule has 3 heterocycles. The molecule has 0 N–H and O–H groups in total. The van der Waals surface area contributed by atoms with Gasteiger partial charge in [0.05, 0.1) is 11.8 Å². The molecule has 4 nitrogen and oxygen atoms in total. The fraction of sp³-hybridized carbons (Fsp3) is 0.0526. The van der Waals surface area contributed by atoms with Crippen LogP contribution in [0.5, 0.6) is 0 Å². The number of hydrogen-bond donors (Lipinski definition) is 0. The summed E-state index contributed by atoms with van der Waals surface area (Å²) in [7, 11) is 0. The fourth-order valence-electron chi connectivity index (χ4n) is 2.59. The lowest BCUT2D eigenvalue weighted by Gasteiger charge is -2.02. The van der Waals surface area contributed by atoms with Gasteiger partial charge in [0, 0.05) is 24.5 Å². The first-order valence-corrected chi connectivity index (χ1v) is 8.41. The molecule has 3 aromatic heterocycles. The zero-order valence-corrected chi connectivity index (χ0v) is 13.6. The highest BCUT2D eigenvalue weighted by atomic mass is 32.1. The molecule has 118 valence electrons. The summed E-state index contributed by atoms with van der Waals surface area (Å²) in [6.45, 7) is 0.738. The summed E-state index contributed by atoms with van der Waals surface area (Å²) in [5, 5.41) is 0. The summed E-state index contributed by atoms with van der Waals surface area (Å²) in [4.78, 5) is 17.7. The quantitative estimate of drug-likeness (QED) is 0.505. The van der Waals surface area contributed by atoms with Gasteiger partial charge in [-0.15, -0.1) is 11.3 Å². The number of ketones is 1. The van der Waals surface area contributed by atoms with Gasteiger partial charge in [-0.05, 0) is 23.8 Å². The summed E-state index contributed by atoms with van der Waals surface area (Å²) in [5.41, 5.74) is 4.13. The third kappa shape index (κ3) is 2.81. The standard InChI is InChI=1S/C19H14N2O2S/c22-18(19-17(20-13-24-19)16-7-4-10-23-16)15-8-9-21(12-15)11-14-5-2-1-3-6-14/h1-10,12-13H,11H2. The molecule has 0 fully saturated rings. The highest BCUT2D eigenvalue weighted by Crippen LogP contribution is 2.28. The minimum absolute atomic E-state index is 0.0317. The van der Waals surface area contributed by atoms with Gasteiger partial charge in [0.25, 0.3) is 0 Å². The Bertz CT molecular complexity index is 952. The molecule has 0 saturated heterocycles. The van der Waals surface area contributed by atoms with Crippen LogP contribution in [0.3, 0.4) is 0 Å². The van der Waals surface area contributed by atoms with E-state index >= 15 is 0 Å². The number of furan rings is 1. The molecule has 0 amide bonds. The van der Waals surface area contributed by atoms with Crippen LogP contribution in [0.4, 0.5) is 0 Å². The molecule has 5 heteroatoms. The van der Waals surface area contributed by atoms with Gasteiger partial charge in [-0.2, -0.15) is 0 Å². The summed E-state index contributed by atoms with van der Waals surface area (Å²) < 4.78 is 7.39. The van der Waals surface area contributed by atoms with Gasteiger partial charge in [-0.25, -0.2) is 4.98 Å². The first kappa shape index (κ1) is 14.7. The maximum absolute atomic E-state index is 12.8. The molecule has 0 spiro atoms. The number of carbonyl (C=O) groups excluding carboxylic acids is 1. The Morgan fingerprint density at radius 3 is 2.79 bits per heavy atom. The first-order chi connectivity index (χ1) is 11.8. The zero-order chi connectivity index (χ0) is 16.4. The predicted octanol–water partition coefficient (Wildman–Crippen LogP) is 4.48. The van der Waals surface area contributed by atoms with Crippen molar-refractivity contribution in [2.45, 2.75) is 6.54 Å². The van der Waals surface area contributed by atoms with E-state index < -0.39 is 0 Å². The lowest BCUT2D eigenvalue weighted by atomic mass is 10.1. The van der Waals surface area contributed by atoms with Gasteiger partial charge in [0.15, 0.2) is 5.76 Å². The highest BCUT2D eigenvalue weighted by molar-refractivity contribution is 7.12. The topological polar surface area (TPSA) is 48.0 Å². The van der Waals surface area contributed by atoms with Gasteiger partial charge in [0.2, 0.25) is 5.78 Å². The summed E-state index contributed by atoms with van der Waals surface area (Å²) >= 11 is 1.33. The number of aromatic nitrogens is 2. The van der Waals surface area contributed by atoms with Crippen LogP contribution in [0.25, 0.3) is 11.5 Å². The Morgan fingerprint density at radius 1 is 1.12 bits per heavy atom. The predicted molar refractivity (Wildman–Crippen MR) is 93.2 cm³/mol. The Balaban J connectivity index is 1.59. The number of benzene rings is 1. The molecule has 0 aliphatic rings. The van der Waals surface area contributed by atoms with Crippen LogP contribution in [-0.2, 0) is 6.54 Å². The van der Waals surface area contributed by atoms with Crippen molar-refractivity contribution in [2.75, 3.05) is 0 Å². The number of hydrogen-bond acceptors (Lipinski definition) is 4. The van der Waals surface area contributed by atoms with Gasteiger partial charge < -0.3 is 8.98 Å². The minimum atomic E-state index is -0.0317. The monoisotopic (exact) mass is 334 g/mol. The van der Waals surface area contributed by atoms with Gasteiger partial charge in [0.1, 0.15) is 10.6 Å². The van der Waals surface area contributed by atoms with E-state index in [0.29, 0.717) is 21.9 Å². The van der Waals surface area contributed by atoms with Crippen LogP contribution < -0.4 is 0 Å². The van der Waals surface area contributed by atoms with E-state index in [4.69, 9.17) is 4.42 Å². The second-order valence-electron chi connectivity index (χ2n) is 5.39. The second-order valence-corrected chi connectivity index (χ2v) is 6.25. The Hall–Kier alpha value is -2.92. The third-order valence-corrected chi connectivity index (χ3v) is 4.57. The van der Waals surface area contributed by atoms with Crippen LogP contribution in [0.15, 0.2) is 77.1 Å². The first-order valence-electron chi connectivity index (χ1n) is 7.53. The summed E-state index contributed by atoms with van der Waals surface area (Å²) in [6.07, 6.45) is 5.38. The highest BCUT2D eigenvalue weighted by Gasteiger charge is 2.20. The Labute approximate surface area is 143 Å². The van der Waals surface area contributed by atoms with Crippen molar-refractivity contribution in [2.24, 2.45) is 0 Å². The van der Waals surface area contributed by atoms with Gasteiger partial charge >= 0.3 is 0 Å². The molecule has 0 unspecified atom stereocenters. The Kier molecular flexibility index (Phi) is 3.84. The second kappa shape index (κ2) is 6.29. The van der Waals surface area contributed by atoms with Crippen LogP contribution in [0.2, 0.25) is 0 Å². The lowest BCUT2D eigenvalue weighted by Crippen LogP contribution is -2.00. The molecule has 24 heavy (non-hydrogen) atoms. The van der Waals surface area contributed by atoms with E-state index in [2.05, 4.69) is 17.1 Å². The van der Waals surface area contributed by atoms with E-state index in [9.17, 15) is 4.79 Å². The van der Waals surface area contributed by atoms with E-state index in [1.807, 2.05) is 47.3 Å². The lowest BCUT2D eigenvalue weighted by molar-refractivity contribution is 0.104. The van der Waals surface area contributed by atoms with Crippen molar-refractivity contribution in [3.05, 3.63) is 88.7 Å². The normalized spacial score (nSPS) is 10.8. The summed E-state index contributed by atoms with van der Waals surface area (Å²) in [5.74, 6) is 0.582. The zero-order valence-electron chi connectivity index (χ0n) is 12.8. The maximum atomic E-state index is 12.8. The molecule has 0 radical (unpaired) electrons. The van der Waals surface area contributed by atoms with Crippen LogP contribution in [-0.4, -0.2) is 15.3 Å². The molecule has 1 aromatic carbocycles. The number of rotatable bonds is 5. The molecule has 4 rings (SSSR count). The van der Waals surface area contributed by atoms with E-state index in [1.54, 1.807) is 17.8 Å². The van der Waals surface area contributed by atoms with Crippen LogP contribution in [0, 0.1) is 0 Å². The van der Waals surface area contributed by atoms with E-state index in [1.165, 1.54) is 16.9 Å². The number of carbonyl (C=O) groups is 1. The molecule has 0 aliphatic heterocycles.